The van der Waals surface area contributed by atoms with Gasteiger partial charge in [0.05, 0.1) is 6.07 Å². The largest absolute Gasteiger partial charge is 0.354 e. The number of nitrogens with two attached hydrogens (primary N) is 1. The number of unbranched alkanes of at least 4 members (excludes halogenated alkanes) is 2. The second kappa shape index (κ2) is 5.39. The van der Waals surface area contributed by atoms with E-state index in [1.54, 1.807) is 0 Å². The highest BCUT2D eigenvalue weighted by Gasteiger charge is 1.94. The predicted molar refractivity (Wildman–Crippen MR) is 51.8 cm³/mol. The molecule has 0 aliphatic carbocycles. The number of nitriles is 1. The van der Waals surface area contributed by atoms with Crippen molar-refractivity contribution in [2.24, 2.45) is 5.73 Å². The van der Waals surface area contributed by atoms with Crippen molar-refractivity contribution < 1.29 is 0 Å². The Labute approximate surface area is 78.8 Å². The lowest BCUT2D eigenvalue weighted by Gasteiger charge is -1.99. The Bertz CT molecular complexity index is 283. The van der Waals surface area contributed by atoms with E-state index >= 15 is 0 Å². The van der Waals surface area contributed by atoms with Crippen molar-refractivity contribution in [2.45, 2.75) is 32.4 Å². The fourth-order valence-corrected chi connectivity index (χ4v) is 1.25. The molecule has 13 heavy (non-hydrogen) atoms. The van der Waals surface area contributed by atoms with Crippen molar-refractivity contribution in [3.8, 4) is 6.07 Å². The van der Waals surface area contributed by atoms with E-state index < -0.39 is 0 Å². The molecule has 1 aromatic heterocycles. The van der Waals surface area contributed by atoms with Crippen LogP contribution in [0.1, 0.15) is 24.8 Å². The van der Waals surface area contributed by atoms with Crippen LogP contribution in [-0.4, -0.2) is 4.57 Å². The molecule has 2 N–H and O–H groups in total. The molecule has 0 aromatic carbocycles. The maximum atomic E-state index is 8.33. The first kappa shape index (κ1) is 9.82. The van der Waals surface area contributed by atoms with Gasteiger partial charge >= 0.3 is 0 Å². The maximum absolute atomic E-state index is 8.33. The summed E-state index contributed by atoms with van der Waals surface area (Å²) in [5.41, 5.74) is 6.65. The van der Waals surface area contributed by atoms with Crippen molar-refractivity contribution in [1.82, 2.24) is 4.57 Å². The summed E-state index contributed by atoms with van der Waals surface area (Å²) in [4.78, 5) is 0. The van der Waals surface area contributed by atoms with Crippen LogP contribution in [0.4, 0.5) is 0 Å². The molecular weight excluding hydrogens is 162 g/mol. The van der Waals surface area contributed by atoms with Crippen LogP contribution in [0.5, 0.6) is 0 Å². The van der Waals surface area contributed by atoms with Gasteiger partial charge in [0.1, 0.15) is 0 Å². The molecule has 0 aliphatic heterocycles. The van der Waals surface area contributed by atoms with E-state index in [-0.39, 0.29) is 0 Å². The van der Waals surface area contributed by atoms with E-state index in [0.717, 1.165) is 19.4 Å². The second-order valence-corrected chi connectivity index (χ2v) is 3.08. The zero-order valence-corrected chi connectivity index (χ0v) is 7.74. The Kier molecular flexibility index (Phi) is 4.07. The summed E-state index contributed by atoms with van der Waals surface area (Å²) in [5, 5.41) is 8.33. The third kappa shape index (κ3) is 3.30. The molecule has 0 fully saturated rings. The average molecular weight is 177 g/mol. The van der Waals surface area contributed by atoms with Crippen molar-refractivity contribution in [3.63, 3.8) is 0 Å². The maximum Gasteiger partial charge on any atom is 0.0621 e. The molecule has 0 atom stereocenters. The van der Waals surface area contributed by atoms with Gasteiger partial charge in [-0.2, -0.15) is 5.26 Å². The summed E-state index contributed by atoms with van der Waals surface area (Å²) in [5.74, 6) is 0. The van der Waals surface area contributed by atoms with Gasteiger partial charge in [0.15, 0.2) is 0 Å². The molecule has 3 nitrogen and oxygen atoms in total. The Morgan fingerprint density at radius 1 is 1.46 bits per heavy atom. The molecule has 1 heterocycles. The number of aromatic nitrogens is 1. The highest BCUT2D eigenvalue weighted by atomic mass is 14.9. The third-order valence-electron chi connectivity index (χ3n) is 2.00. The van der Waals surface area contributed by atoms with Gasteiger partial charge in [-0.1, -0.05) is 0 Å². The van der Waals surface area contributed by atoms with Crippen molar-refractivity contribution in [2.75, 3.05) is 0 Å². The lowest BCUT2D eigenvalue weighted by Crippen LogP contribution is -1.96. The minimum atomic E-state index is 0.602. The minimum absolute atomic E-state index is 0.602. The second-order valence-electron chi connectivity index (χ2n) is 3.08. The van der Waals surface area contributed by atoms with E-state index in [4.69, 9.17) is 11.0 Å². The van der Waals surface area contributed by atoms with Gasteiger partial charge in [-0.15, -0.1) is 0 Å². The zero-order valence-electron chi connectivity index (χ0n) is 7.74. The minimum Gasteiger partial charge on any atom is -0.354 e. The normalized spacial score (nSPS) is 9.85. The molecular formula is C10H15N3. The highest BCUT2D eigenvalue weighted by Crippen LogP contribution is 2.03. The number of aryl methyl sites for hydroxylation is 1. The monoisotopic (exact) mass is 177 g/mol. The van der Waals surface area contributed by atoms with Crippen LogP contribution < -0.4 is 5.73 Å². The average Bonchev–Trinajstić information content (AvgIpc) is 2.60. The van der Waals surface area contributed by atoms with Gasteiger partial charge in [0, 0.05) is 31.9 Å². The highest BCUT2D eigenvalue weighted by molar-refractivity contribution is 5.09. The predicted octanol–water partition coefficient (Wildman–Crippen LogP) is 1.64. The van der Waals surface area contributed by atoms with Gasteiger partial charge in [-0.05, 0) is 24.5 Å². The molecule has 0 amide bonds. The molecule has 0 bridgehead atoms. The van der Waals surface area contributed by atoms with E-state index in [1.807, 2.05) is 12.3 Å². The summed E-state index contributed by atoms with van der Waals surface area (Å²) in [7, 11) is 0. The van der Waals surface area contributed by atoms with E-state index in [9.17, 15) is 0 Å². The van der Waals surface area contributed by atoms with Gasteiger partial charge < -0.3 is 10.3 Å². The summed E-state index contributed by atoms with van der Waals surface area (Å²) < 4.78 is 2.12. The van der Waals surface area contributed by atoms with Crippen molar-refractivity contribution in [3.05, 3.63) is 24.0 Å². The zero-order chi connectivity index (χ0) is 9.52. The SMILES string of the molecule is N#CCCCCn1ccc(CN)c1. The Hall–Kier alpha value is -1.27. The fraction of sp³-hybridized carbons (Fsp3) is 0.500. The number of hydrogen-bond acceptors (Lipinski definition) is 2. The summed E-state index contributed by atoms with van der Waals surface area (Å²) >= 11 is 0. The lowest BCUT2D eigenvalue weighted by molar-refractivity contribution is 0.617. The van der Waals surface area contributed by atoms with Gasteiger partial charge in [-0.25, -0.2) is 0 Å². The molecule has 0 saturated carbocycles. The van der Waals surface area contributed by atoms with E-state index in [2.05, 4.69) is 16.8 Å². The summed E-state index contributed by atoms with van der Waals surface area (Å²) in [6.45, 7) is 1.59. The first-order valence-corrected chi connectivity index (χ1v) is 4.58. The first-order valence-electron chi connectivity index (χ1n) is 4.58. The molecule has 0 unspecified atom stereocenters. The molecule has 1 rings (SSSR count). The topological polar surface area (TPSA) is 54.7 Å². The molecule has 0 aliphatic rings. The number of rotatable bonds is 5. The van der Waals surface area contributed by atoms with Crippen LogP contribution in [0.15, 0.2) is 18.5 Å². The quantitative estimate of drug-likeness (QED) is 0.695. The van der Waals surface area contributed by atoms with Crippen LogP contribution in [0.2, 0.25) is 0 Å². The molecule has 0 radical (unpaired) electrons. The van der Waals surface area contributed by atoms with Crippen LogP contribution >= 0.6 is 0 Å². The van der Waals surface area contributed by atoms with Crippen molar-refractivity contribution >= 4 is 0 Å². The van der Waals surface area contributed by atoms with Gasteiger partial charge in [0.25, 0.3) is 0 Å². The molecule has 0 saturated heterocycles. The Morgan fingerprint density at radius 2 is 2.31 bits per heavy atom. The van der Waals surface area contributed by atoms with Crippen LogP contribution in [0.3, 0.4) is 0 Å². The molecule has 0 spiro atoms. The Balaban J connectivity index is 2.25. The van der Waals surface area contributed by atoms with Crippen LogP contribution in [-0.2, 0) is 13.1 Å². The lowest BCUT2D eigenvalue weighted by atomic mass is 10.2. The number of hydrogen-bond donors (Lipinski definition) is 1. The molecule has 70 valence electrons. The standard InChI is InChI=1S/C10H15N3/c11-5-2-1-3-6-13-7-4-10(8-12)9-13/h4,7,9H,1-3,6,8,12H2. The Morgan fingerprint density at radius 3 is 2.92 bits per heavy atom. The third-order valence-corrected chi connectivity index (χ3v) is 2.00. The summed E-state index contributed by atoms with van der Waals surface area (Å²) in [6, 6.07) is 4.17. The fourth-order valence-electron chi connectivity index (χ4n) is 1.25. The van der Waals surface area contributed by atoms with Crippen LogP contribution in [0, 0.1) is 11.3 Å². The first-order chi connectivity index (χ1) is 6.36. The van der Waals surface area contributed by atoms with Crippen molar-refractivity contribution in [1.29, 1.82) is 5.26 Å². The smallest absolute Gasteiger partial charge is 0.0621 e. The van der Waals surface area contributed by atoms with Gasteiger partial charge in [-0.3, -0.25) is 0 Å². The number of nitrogens with zero attached hydrogens (tertiary/aromatic N) is 2. The summed E-state index contributed by atoms with van der Waals surface area (Å²) in [6.07, 6.45) is 6.80. The molecule has 1 aromatic rings. The van der Waals surface area contributed by atoms with E-state index in [0.29, 0.717) is 13.0 Å². The van der Waals surface area contributed by atoms with E-state index in [1.165, 1.54) is 5.56 Å². The van der Waals surface area contributed by atoms with Crippen LogP contribution in [0.25, 0.3) is 0 Å². The molecule has 3 heteroatoms. The van der Waals surface area contributed by atoms with Gasteiger partial charge in [0.2, 0.25) is 0 Å².